The SMILES string of the molecule is CSc1ccc(NCCOc2ccc(Br)cc2)cc1. The Labute approximate surface area is 126 Å². The van der Waals surface area contributed by atoms with E-state index < -0.39 is 0 Å². The van der Waals surface area contributed by atoms with Crippen molar-refractivity contribution in [2.75, 3.05) is 24.7 Å². The van der Waals surface area contributed by atoms with Gasteiger partial charge in [0.2, 0.25) is 0 Å². The molecule has 0 heterocycles. The summed E-state index contributed by atoms with van der Waals surface area (Å²) in [5.74, 6) is 0.891. The lowest BCUT2D eigenvalue weighted by atomic mass is 10.3. The Balaban J connectivity index is 1.72. The maximum atomic E-state index is 5.64. The van der Waals surface area contributed by atoms with Gasteiger partial charge in [-0.05, 0) is 54.8 Å². The van der Waals surface area contributed by atoms with Crippen molar-refractivity contribution in [1.82, 2.24) is 0 Å². The number of halogens is 1. The first kappa shape index (κ1) is 14.3. The highest BCUT2D eigenvalue weighted by Gasteiger charge is 1.95. The molecule has 2 aromatic carbocycles. The molecule has 4 heteroatoms. The Bertz CT molecular complexity index is 499. The van der Waals surface area contributed by atoms with E-state index in [9.17, 15) is 0 Å². The van der Waals surface area contributed by atoms with Gasteiger partial charge in [0.15, 0.2) is 0 Å². The largest absolute Gasteiger partial charge is 0.492 e. The molecule has 0 aliphatic rings. The molecule has 0 radical (unpaired) electrons. The van der Waals surface area contributed by atoms with Gasteiger partial charge in [0.05, 0.1) is 0 Å². The maximum absolute atomic E-state index is 5.64. The van der Waals surface area contributed by atoms with Crippen LogP contribution in [0.1, 0.15) is 0 Å². The van der Waals surface area contributed by atoms with Gasteiger partial charge in [0.25, 0.3) is 0 Å². The van der Waals surface area contributed by atoms with Crippen molar-refractivity contribution in [3.05, 3.63) is 53.0 Å². The van der Waals surface area contributed by atoms with Crippen LogP contribution in [0.15, 0.2) is 57.9 Å². The lowest BCUT2D eigenvalue weighted by molar-refractivity contribution is 0.333. The molecule has 0 saturated heterocycles. The van der Waals surface area contributed by atoms with Crippen LogP contribution in [-0.2, 0) is 0 Å². The van der Waals surface area contributed by atoms with Crippen LogP contribution in [-0.4, -0.2) is 19.4 Å². The minimum Gasteiger partial charge on any atom is -0.492 e. The van der Waals surface area contributed by atoms with Crippen LogP contribution in [0, 0.1) is 0 Å². The minimum absolute atomic E-state index is 0.645. The monoisotopic (exact) mass is 337 g/mol. The van der Waals surface area contributed by atoms with E-state index >= 15 is 0 Å². The van der Waals surface area contributed by atoms with E-state index in [4.69, 9.17) is 4.74 Å². The van der Waals surface area contributed by atoms with Crippen molar-refractivity contribution in [3.63, 3.8) is 0 Å². The van der Waals surface area contributed by atoms with Gasteiger partial charge in [-0.25, -0.2) is 0 Å². The fraction of sp³-hybridized carbons (Fsp3) is 0.200. The molecule has 100 valence electrons. The summed E-state index contributed by atoms with van der Waals surface area (Å²) in [6.45, 7) is 1.43. The third kappa shape index (κ3) is 4.80. The number of rotatable bonds is 6. The quantitative estimate of drug-likeness (QED) is 0.611. The Morgan fingerprint density at radius 1 is 1.05 bits per heavy atom. The van der Waals surface area contributed by atoms with Crippen LogP contribution in [0.4, 0.5) is 5.69 Å². The van der Waals surface area contributed by atoms with Crippen molar-refractivity contribution in [3.8, 4) is 5.75 Å². The molecule has 1 N–H and O–H groups in total. The van der Waals surface area contributed by atoms with Gasteiger partial charge in [-0.15, -0.1) is 11.8 Å². The van der Waals surface area contributed by atoms with Gasteiger partial charge >= 0.3 is 0 Å². The molecule has 0 fully saturated rings. The highest BCUT2D eigenvalue weighted by Crippen LogP contribution is 2.18. The zero-order chi connectivity index (χ0) is 13.5. The Morgan fingerprint density at radius 2 is 1.74 bits per heavy atom. The standard InChI is InChI=1S/C15H16BrNOS/c1-19-15-8-4-13(5-9-15)17-10-11-18-14-6-2-12(16)3-7-14/h2-9,17H,10-11H2,1H3. The van der Waals surface area contributed by atoms with E-state index in [0.717, 1.165) is 22.5 Å². The second-order valence-corrected chi connectivity index (χ2v) is 5.75. The first-order chi connectivity index (χ1) is 9.28. The molecular formula is C15H16BrNOS. The molecule has 0 bridgehead atoms. The molecule has 19 heavy (non-hydrogen) atoms. The first-order valence-electron chi connectivity index (χ1n) is 6.04. The maximum Gasteiger partial charge on any atom is 0.119 e. The summed E-state index contributed by atoms with van der Waals surface area (Å²) in [6.07, 6.45) is 2.08. The van der Waals surface area contributed by atoms with Crippen molar-refractivity contribution in [2.45, 2.75) is 4.90 Å². The molecule has 0 aromatic heterocycles. The second-order valence-electron chi connectivity index (χ2n) is 3.96. The van der Waals surface area contributed by atoms with E-state index in [2.05, 4.69) is 51.8 Å². The molecule has 0 aliphatic heterocycles. The van der Waals surface area contributed by atoms with Gasteiger partial charge in [-0.1, -0.05) is 15.9 Å². The molecule has 2 rings (SSSR count). The third-order valence-corrected chi connectivity index (χ3v) is 3.88. The van der Waals surface area contributed by atoms with E-state index in [1.165, 1.54) is 4.90 Å². The third-order valence-electron chi connectivity index (χ3n) is 2.60. The van der Waals surface area contributed by atoms with Gasteiger partial charge < -0.3 is 10.1 Å². The Kier molecular flexibility index (Phi) is 5.61. The fourth-order valence-electron chi connectivity index (χ4n) is 1.60. The summed E-state index contributed by atoms with van der Waals surface area (Å²) in [6, 6.07) is 16.3. The van der Waals surface area contributed by atoms with Crippen LogP contribution in [0.5, 0.6) is 5.75 Å². The van der Waals surface area contributed by atoms with E-state index in [1.54, 1.807) is 11.8 Å². The van der Waals surface area contributed by atoms with Crippen molar-refractivity contribution < 1.29 is 4.74 Å². The summed E-state index contributed by atoms with van der Waals surface area (Å²) in [7, 11) is 0. The van der Waals surface area contributed by atoms with Gasteiger partial charge in [0, 0.05) is 21.6 Å². The smallest absolute Gasteiger partial charge is 0.119 e. The summed E-state index contributed by atoms with van der Waals surface area (Å²) >= 11 is 5.15. The van der Waals surface area contributed by atoms with Crippen LogP contribution < -0.4 is 10.1 Å². The van der Waals surface area contributed by atoms with Gasteiger partial charge in [-0.3, -0.25) is 0 Å². The number of nitrogens with one attached hydrogen (secondary N) is 1. The summed E-state index contributed by atoms with van der Waals surface area (Å²) in [5, 5.41) is 3.33. The Morgan fingerprint density at radius 3 is 2.37 bits per heavy atom. The van der Waals surface area contributed by atoms with Gasteiger partial charge in [0.1, 0.15) is 12.4 Å². The predicted octanol–water partition coefficient (Wildman–Crippen LogP) is 4.66. The average Bonchev–Trinajstić information content (AvgIpc) is 2.46. The van der Waals surface area contributed by atoms with Crippen LogP contribution in [0.2, 0.25) is 0 Å². The lowest BCUT2D eigenvalue weighted by Crippen LogP contribution is -2.11. The van der Waals surface area contributed by atoms with E-state index in [-0.39, 0.29) is 0 Å². The number of hydrogen-bond acceptors (Lipinski definition) is 3. The topological polar surface area (TPSA) is 21.3 Å². The summed E-state index contributed by atoms with van der Waals surface area (Å²) < 4.78 is 6.70. The van der Waals surface area contributed by atoms with Gasteiger partial charge in [-0.2, -0.15) is 0 Å². The second kappa shape index (κ2) is 7.46. The normalized spacial score (nSPS) is 10.2. The van der Waals surface area contributed by atoms with Crippen LogP contribution in [0.25, 0.3) is 0 Å². The fourth-order valence-corrected chi connectivity index (χ4v) is 2.28. The van der Waals surface area contributed by atoms with Crippen LogP contribution >= 0.6 is 27.7 Å². The number of benzene rings is 2. The molecule has 2 nitrogen and oxygen atoms in total. The van der Waals surface area contributed by atoms with E-state index in [0.29, 0.717) is 6.61 Å². The van der Waals surface area contributed by atoms with Crippen molar-refractivity contribution in [2.24, 2.45) is 0 Å². The summed E-state index contributed by atoms with van der Waals surface area (Å²) in [4.78, 5) is 1.27. The number of hydrogen-bond donors (Lipinski definition) is 1. The molecular weight excluding hydrogens is 322 g/mol. The molecule has 0 saturated carbocycles. The number of ether oxygens (including phenoxy) is 1. The van der Waals surface area contributed by atoms with Crippen molar-refractivity contribution in [1.29, 1.82) is 0 Å². The molecule has 0 spiro atoms. The zero-order valence-corrected chi connectivity index (χ0v) is 13.1. The lowest BCUT2D eigenvalue weighted by Gasteiger charge is -2.09. The zero-order valence-electron chi connectivity index (χ0n) is 10.7. The van der Waals surface area contributed by atoms with Crippen molar-refractivity contribution >= 4 is 33.4 Å². The average molecular weight is 338 g/mol. The highest BCUT2D eigenvalue weighted by atomic mass is 79.9. The Hall–Kier alpha value is -1.13. The summed E-state index contributed by atoms with van der Waals surface area (Å²) in [5.41, 5.74) is 1.12. The molecule has 0 atom stereocenters. The highest BCUT2D eigenvalue weighted by molar-refractivity contribution is 9.10. The first-order valence-corrected chi connectivity index (χ1v) is 8.06. The molecule has 0 unspecified atom stereocenters. The number of anilines is 1. The minimum atomic E-state index is 0.645. The molecule has 2 aromatic rings. The molecule has 0 amide bonds. The van der Waals surface area contributed by atoms with E-state index in [1.807, 2.05) is 24.3 Å². The molecule has 0 aliphatic carbocycles. The van der Waals surface area contributed by atoms with Crippen LogP contribution in [0.3, 0.4) is 0 Å². The number of thioether (sulfide) groups is 1. The predicted molar refractivity (Wildman–Crippen MR) is 86.3 cm³/mol.